The second-order valence-corrected chi connectivity index (χ2v) is 4.06. The summed E-state index contributed by atoms with van der Waals surface area (Å²) in [4.78, 5) is 7.91. The summed E-state index contributed by atoms with van der Waals surface area (Å²) in [6.45, 7) is 0.580. The highest BCUT2D eigenvalue weighted by Gasteiger charge is 2.21. The number of pyridine rings is 1. The lowest BCUT2D eigenvalue weighted by molar-refractivity contribution is 0.419. The Bertz CT molecular complexity index is 524. The van der Waals surface area contributed by atoms with Crippen molar-refractivity contribution in [2.75, 3.05) is 0 Å². The van der Waals surface area contributed by atoms with Crippen LogP contribution >= 0.6 is 0 Å². The first-order valence-electron chi connectivity index (χ1n) is 5.48. The Kier molecular flexibility index (Phi) is 2.56. The monoisotopic (exact) mass is 234 g/mol. The maximum Gasteiger partial charge on any atom is 0.259 e. The SMILES string of the molecule is Fc1cncc(-c2nc(CNC3CC3)no2)c1. The van der Waals surface area contributed by atoms with Gasteiger partial charge in [0.1, 0.15) is 5.82 Å². The van der Waals surface area contributed by atoms with E-state index in [1.807, 2.05) is 0 Å². The fraction of sp³-hybridized carbons (Fsp3) is 0.364. The Balaban J connectivity index is 1.74. The number of halogens is 1. The number of aromatic nitrogens is 3. The molecule has 1 saturated carbocycles. The molecular formula is C11H11FN4O. The number of nitrogens with one attached hydrogen (secondary N) is 1. The predicted octanol–water partition coefficient (Wildman–Crippen LogP) is 1.52. The second kappa shape index (κ2) is 4.21. The van der Waals surface area contributed by atoms with Gasteiger partial charge in [0, 0.05) is 12.2 Å². The van der Waals surface area contributed by atoms with Crippen molar-refractivity contribution < 1.29 is 8.91 Å². The molecule has 1 fully saturated rings. The fourth-order valence-electron chi connectivity index (χ4n) is 1.49. The van der Waals surface area contributed by atoms with E-state index in [2.05, 4.69) is 20.4 Å². The molecule has 1 aliphatic carbocycles. The number of nitrogens with zero attached hydrogens (tertiary/aromatic N) is 3. The Morgan fingerprint density at radius 3 is 3.06 bits per heavy atom. The summed E-state index contributed by atoms with van der Waals surface area (Å²) in [5.41, 5.74) is 0.496. The molecule has 0 radical (unpaired) electrons. The van der Waals surface area contributed by atoms with Crippen molar-refractivity contribution in [2.45, 2.75) is 25.4 Å². The van der Waals surface area contributed by atoms with Crippen molar-refractivity contribution in [3.8, 4) is 11.5 Å². The van der Waals surface area contributed by atoms with Gasteiger partial charge in [-0.15, -0.1) is 0 Å². The number of rotatable bonds is 4. The molecule has 0 spiro atoms. The lowest BCUT2D eigenvalue weighted by Crippen LogP contribution is -2.16. The van der Waals surface area contributed by atoms with Gasteiger partial charge in [0.15, 0.2) is 5.82 Å². The summed E-state index contributed by atoms with van der Waals surface area (Å²) >= 11 is 0. The minimum absolute atomic E-state index is 0.296. The van der Waals surface area contributed by atoms with Crippen molar-refractivity contribution in [1.29, 1.82) is 0 Å². The van der Waals surface area contributed by atoms with Crippen LogP contribution in [0.15, 0.2) is 23.0 Å². The predicted molar refractivity (Wildman–Crippen MR) is 57.3 cm³/mol. The van der Waals surface area contributed by atoms with Gasteiger partial charge < -0.3 is 9.84 Å². The molecule has 0 unspecified atom stereocenters. The first-order chi connectivity index (χ1) is 8.31. The molecule has 88 valence electrons. The summed E-state index contributed by atoms with van der Waals surface area (Å²) in [5.74, 6) is 0.458. The van der Waals surface area contributed by atoms with Gasteiger partial charge in [0.25, 0.3) is 5.89 Å². The molecule has 2 aromatic rings. The third-order valence-electron chi connectivity index (χ3n) is 2.55. The van der Waals surface area contributed by atoms with E-state index in [1.54, 1.807) is 0 Å². The van der Waals surface area contributed by atoms with Crippen LogP contribution in [-0.4, -0.2) is 21.2 Å². The van der Waals surface area contributed by atoms with E-state index in [9.17, 15) is 4.39 Å². The van der Waals surface area contributed by atoms with Crippen LogP contribution in [0.25, 0.3) is 11.5 Å². The topological polar surface area (TPSA) is 63.8 Å². The average molecular weight is 234 g/mol. The van der Waals surface area contributed by atoms with Crippen LogP contribution in [0.1, 0.15) is 18.7 Å². The Hall–Kier alpha value is -1.82. The van der Waals surface area contributed by atoms with Crippen LogP contribution in [0.4, 0.5) is 4.39 Å². The lowest BCUT2D eigenvalue weighted by Gasteiger charge is -1.95. The van der Waals surface area contributed by atoms with Crippen molar-refractivity contribution >= 4 is 0 Å². The van der Waals surface area contributed by atoms with E-state index in [4.69, 9.17) is 4.52 Å². The first kappa shape index (κ1) is 10.3. The molecule has 1 aliphatic rings. The minimum atomic E-state index is -0.418. The smallest absolute Gasteiger partial charge is 0.259 e. The molecule has 0 saturated heterocycles. The summed E-state index contributed by atoms with van der Waals surface area (Å²) in [7, 11) is 0. The van der Waals surface area contributed by atoms with E-state index in [1.165, 1.54) is 25.1 Å². The lowest BCUT2D eigenvalue weighted by atomic mass is 10.3. The summed E-state index contributed by atoms with van der Waals surface area (Å²) in [5, 5.41) is 7.10. The highest BCUT2D eigenvalue weighted by molar-refractivity contribution is 5.50. The quantitative estimate of drug-likeness (QED) is 0.869. The van der Waals surface area contributed by atoms with E-state index in [0.29, 0.717) is 29.9 Å². The van der Waals surface area contributed by atoms with Gasteiger partial charge in [0.05, 0.1) is 18.3 Å². The van der Waals surface area contributed by atoms with Gasteiger partial charge >= 0.3 is 0 Å². The molecule has 1 N–H and O–H groups in total. The van der Waals surface area contributed by atoms with Crippen LogP contribution in [0.5, 0.6) is 0 Å². The molecule has 5 nitrogen and oxygen atoms in total. The van der Waals surface area contributed by atoms with Crippen molar-refractivity contribution in [1.82, 2.24) is 20.4 Å². The van der Waals surface area contributed by atoms with E-state index in [0.717, 1.165) is 6.20 Å². The van der Waals surface area contributed by atoms with Gasteiger partial charge in [-0.05, 0) is 18.9 Å². The van der Waals surface area contributed by atoms with E-state index < -0.39 is 5.82 Å². The van der Waals surface area contributed by atoms with Crippen molar-refractivity contribution in [3.05, 3.63) is 30.1 Å². The van der Waals surface area contributed by atoms with Crippen LogP contribution in [0, 0.1) is 5.82 Å². The van der Waals surface area contributed by atoms with Gasteiger partial charge in [-0.3, -0.25) is 4.98 Å². The van der Waals surface area contributed by atoms with E-state index in [-0.39, 0.29) is 0 Å². The third-order valence-corrected chi connectivity index (χ3v) is 2.55. The minimum Gasteiger partial charge on any atom is -0.334 e. The maximum atomic E-state index is 13.0. The Morgan fingerprint density at radius 2 is 2.29 bits per heavy atom. The highest BCUT2D eigenvalue weighted by Crippen LogP contribution is 2.20. The van der Waals surface area contributed by atoms with Crippen molar-refractivity contribution in [3.63, 3.8) is 0 Å². The largest absolute Gasteiger partial charge is 0.334 e. The van der Waals surface area contributed by atoms with E-state index >= 15 is 0 Å². The van der Waals surface area contributed by atoms with Gasteiger partial charge in [-0.2, -0.15) is 4.98 Å². The molecule has 2 heterocycles. The Morgan fingerprint density at radius 1 is 1.41 bits per heavy atom. The summed E-state index contributed by atoms with van der Waals surface area (Å²) in [6, 6.07) is 1.91. The molecule has 6 heteroatoms. The molecule has 17 heavy (non-hydrogen) atoms. The zero-order valence-corrected chi connectivity index (χ0v) is 9.06. The normalized spacial score (nSPS) is 15.1. The van der Waals surface area contributed by atoms with Gasteiger partial charge in [0.2, 0.25) is 0 Å². The zero-order chi connectivity index (χ0) is 11.7. The molecular weight excluding hydrogens is 223 g/mol. The Labute approximate surface area is 97.1 Å². The first-order valence-corrected chi connectivity index (χ1v) is 5.48. The standard InChI is InChI=1S/C11H11FN4O/c12-8-3-7(4-13-5-8)11-15-10(16-17-11)6-14-9-1-2-9/h3-5,9,14H,1-2,6H2. The molecule has 2 aromatic heterocycles. The van der Waals surface area contributed by atoms with Crippen LogP contribution in [0.3, 0.4) is 0 Å². The molecule has 0 bridgehead atoms. The zero-order valence-electron chi connectivity index (χ0n) is 9.06. The average Bonchev–Trinajstić information content (AvgIpc) is 3.04. The van der Waals surface area contributed by atoms with Crippen LogP contribution in [-0.2, 0) is 6.54 Å². The summed E-state index contributed by atoms with van der Waals surface area (Å²) in [6.07, 6.45) is 5.04. The van der Waals surface area contributed by atoms with Gasteiger partial charge in [-0.25, -0.2) is 4.39 Å². The highest BCUT2D eigenvalue weighted by atomic mass is 19.1. The molecule has 0 aromatic carbocycles. The van der Waals surface area contributed by atoms with Crippen molar-refractivity contribution in [2.24, 2.45) is 0 Å². The number of hydrogen-bond donors (Lipinski definition) is 1. The summed E-state index contributed by atoms with van der Waals surface area (Å²) < 4.78 is 18.0. The van der Waals surface area contributed by atoms with Crippen LogP contribution in [0.2, 0.25) is 0 Å². The second-order valence-electron chi connectivity index (χ2n) is 4.06. The molecule has 3 rings (SSSR count). The third kappa shape index (κ3) is 2.47. The maximum absolute atomic E-state index is 13.0. The fourth-order valence-corrected chi connectivity index (χ4v) is 1.49. The molecule has 0 amide bonds. The molecule has 0 aliphatic heterocycles. The van der Waals surface area contributed by atoms with Gasteiger partial charge in [-0.1, -0.05) is 5.16 Å². The molecule has 0 atom stereocenters. The van der Waals surface area contributed by atoms with Crippen LogP contribution < -0.4 is 5.32 Å². The number of hydrogen-bond acceptors (Lipinski definition) is 5.